The molecular weight excluding hydrogens is 317 g/mol. The van der Waals surface area contributed by atoms with Crippen molar-refractivity contribution < 1.29 is 28.6 Å². The monoisotopic (exact) mass is 335 g/mol. The van der Waals surface area contributed by atoms with Gasteiger partial charge in [0.25, 0.3) is 0 Å². The molecule has 1 aromatic heterocycles. The van der Waals surface area contributed by atoms with Crippen molar-refractivity contribution in [2.75, 3.05) is 7.05 Å². The second-order valence-electron chi connectivity index (χ2n) is 5.51. The molecule has 0 fully saturated rings. The zero-order chi connectivity index (χ0) is 17.9. The van der Waals surface area contributed by atoms with Gasteiger partial charge < -0.3 is 19.5 Å². The summed E-state index contributed by atoms with van der Waals surface area (Å²) < 4.78 is 18.5. The van der Waals surface area contributed by atoms with E-state index in [1.165, 1.54) is 49.2 Å². The van der Waals surface area contributed by atoms with Crippen molar-refractivity contribution in [3.8, 4) is 0 Å². The number of carboxylic acid groups (broad SMARTS) is 1. The number of carbonyl (C=O) groups excluding carboxylic acids is 1. The Bertz CT molecular complexity index is 755. The first-order valence-corrected chi connectivity index (χ1v) is 7.28. The first-order chi connectivity index (χ1) is 11.3. The number of rotatable bonds is 6. The van der Waals surface area contributed by atoms with Crippen molar-refractivity contribution in [3.05, 3.63) is 58.8 Å². The van der Waals surface area contributed by atoms with E-state index < -0.39 is 17.9 Å². The summed E-state index contributed by atoms with van der Waals surface area (Å²) in [6.45, 7) is 1.60. The summed E-state index contributed by atoms with van der Waals surface area (Å²) in [4.78, 5) is 24.4. The highest BCUT2D eigenvalue weighted by molar-refractivity contribution is 5.88. The lowest BCUT2D eigenvalue weighted by Gasteiger charge is -2.18. The summed E-state index contributed by atoms with van der Waals surface area (Å²) in [5, 5.41) is 19.0. The highest BCUT2D eigenvalue weighted by Crippen LogP contribution is 2.20. The van der Waals surface area contributed by atoms with E-state index in [-0.39, 0.29) is 30.2 Å². The van der Waals surface area contributed by atoms with Gasteiger partial charge in [0.15, 0.2) is 0 Å². The minimum absolute atomic E-state index is 0.0469. The van der Waals surface area contributed by atoms with Gasteiger partial charge in [0.05, 0.1) is 19.1 Å². The fourth-order valence-electron chi connectivity index (χ4n) is 2.31. The van der Waals surface area contributed by atoms with Crippen LogP contribution in [0.2, 0.25) is 0 Å². The molecular formula is C17H18FNO5. The van der Waals surface area contributed by atoms with Crippen LogP contribution in [0.3, 0.4) is 0 Å². The fourth-order valence-corrected chi connectivity index (χ4v) is 2.31. The first-order valence-electron chi connectivity index (χ1n) is 7.28. The molecule has 1 heterocycles. The van der Waals surface area contributed by atoms with Crippen molar-refractivity contribution in [3.63, 3.8) is 0 Å². The number of hydrogen-bond donors (Lipinski definition) is 2. The summed E-state index contributed by atoms with van der Waals surface area (Å²) in [5.74, 6) is -1.37. The molecule has 2 rings (SSSR count). The van der Waals surface area contributed by atoms with Crippen LogP contribution in [0.4, 0.5) is 4.39 Å². The minimum atomic E-state index is -1.12. The van der Waals surface area contributed by atoms with Crippen molar-refractivity contribution in [1.82, 2.24) is 4.90 Å². The van der Waals surface area contributed by atoms with Gasteiger partial charge in [0.1, 0.15) is 22.9 Å². The molecule has 0 saturated heterocycles. The van der Waals surface area contributed by atoms with Gasteiger partial charge in [-0.25, -0.2) is 9.18 Å². The van der Waals surface area contributed by atoms with Crippen LogP contribution in [-0.4, -0.2) is 34.0 Å². The van der Waals surface area contributed by atoms with E-state index in [1.807, 2.05) is 0 Å². The van der Waals surface area contributed by atoms with E-state index in [9.17, 15) is 19.1 Å². The highest BCUT2D eigenvalue weighted by Gasteiger charge is 2.20. The average Bonchev–Trinajstić information content (AvgIpc) is 2.87. The number of aryl methyl sites for hydroxylation is 1. The predicted molar refractivity (Wildman–Crippen MR) is 82.9 cm³/mol. The summed E-state index contributed by atoms with van der Waals surface area (Å²) in [7, 11) is 1.51. The van der Waals surface area contributed by atoms with E-state index in [2.05, 4.69) is 0 Å². The molecule has 1 unspecified atom stereocenters. The molecule has 7 heteroatoms. The molecule has 0 bridgehead atoms. The minimum Gasteiger partial charge on any atom is -0.478 e. The molecule has 0 radical (unpaired) electrons. The van der Waals surface area contributed by atoms with Gasteiger partial charge in [-0.3, -0.25) is 4.79 Å². The number of nitrogens with zero attached hydrogens (tertiary/aromatic N) is 1. The number of carboxylic acids is 1. The Labute approximate surface area is 138 Å². The van der Waals surface area contributed by atoms with Crippen molar-refractivity contribution in [2.45, 2.75) is 26.0 Å². The third kappa shape index (κ3) is 4.20. The molecule has 6 nitrogen and oxygen atoms in total. The number of aromatic carboxylic acids is 1. The Balaban J connectivity index is 1.99. The second kappa shape index (κ2) is 7.27. The van der Waals surface area contributed by atoms with E-state index in [4.69, 9.17) is 9.52 Å². The summed E-state index contributed by atoms with van der Waals surface area (Å²) in [6, 6.07) is 6.79. The summed E-state index contributed by atoms with van der Waals surface area (Å²) >= 11 is 0. The number of benzene rings is 1. The average molecular weight is 335 g/mol. The quantitative estimate of drug-likeness (QED) is 0.846. The number of hydrogen-bond acceptors (Lipinski definition) is 4. The maximum Gasteiger partial charge on any atom is 0.339 e. The molecule has 0 spiro atoms. The Hall–Kier alpha value is -2.67. The third-order valence-electron chi connectivity index (χ3n) is 3.62. The second-order valence-corrected chi connectivity index (χ2v) is 5.51. The normalized spacial score (nSPS) is 12.0. The van der Waals surface area contributed by atoms with Crippen LogP contribution in [0.1, 0.15) is 40.0 Å². The van der Waals surface area contributed by atoms with Crippen LogP contribution in [0, 0.1) is 12.7 Å². The van der Waals surface area contributed by atoms with Crippen molar-refractivity contribution in [1.29, 1.82) is 0 Å². The lowest BCUT2D eigenvalue weighted by atomic mass is 10.1. The predicted octanol–water partition coefficient (Wildman–Crippen LogP) is 2.51. The van der Waals surface area contributed by atoms with Crippen LogP contribution in [0.15, 0.2) is 34.7 Å². The van der Waals surface area contributed by atoms with Crippen molar-refractivity contribution >= 4 is 11.9 Å². The van der Waals surface area contributed by atoms with Gasteiger partial charge in [-0.15, -0.1) is 0 Å². The molecule has 2 aromatic rings. The zero-order valence-electron chi connectivity index (χ0n) is 13.3. The SMILES string of the molecule is Cc1oc(CN(C)C(=O)CC(O)c2cccc(F)c2)cc1C(=O)O. The number of furan rings is 1. The molecule has 1 aromatic carbocycles. The maximum absolute atomic E-state index is 13.1. The van der Waals surface area contributed by atoms with Crippen molar-refractivity contribution in [2.24, 2.45) is 0 Å². The van der Waals surface area contributed by atoms with Crippen LogP contribution in [0.25, 0.3) is 0 Å². The number of aliphatic hydroxyl groups is 1. The molecule has 1 atom stereocenters. The number of carbonyl (C=O) groups is 2. The van der Waals surface area contributed by atoms with Gasteiger partial charge in [0.2, 0.25) is 5.91 Å². The smallest absolute Gasteiger partial charge is 0.339 e. The molecule has 1 amide bonds. The number of halogens is 1. The van der Waals surface area contributed by atoms with Gasteiger partial charge in [-0.05, 0) is 30.7 Å². The van der Waals surface area contributed by atoms with Crippen LogP contribution in [0.5, 0.6) is 0 Å². The number of aliphatic hydroxyl groups excluding tert-OH is 1. The van der Waals surface area contributed by atoms with Crippen LogP contribution >= 0.6 is 0 Å². The topological polar surface area (TPSA) is 91.0 Å². The lowest BCUT2D eigenvalue weighted by Crippen LogP contribution is -2.27. The van der Waals surface area contributed by atoms with Crippen LogP contribution in [-0.2, 0) is 11.3 Å². The standard InChI is InChI=1S/C17H18FNO5/c1-10-14(17(22)23)7-13(24-10)9-19(2)16(21)8-15(20)11-4-3-5-12(18)6-11/h3-7,15,20H,8-9H2,1-2H3,(H,22,23). The molecule has 24 heavy (non-hydrogen) atoms. The van der Waals surface area contributed by atoms with Gasteiger partial charge in [-0.2, -0.15) is 0 Å². The number of amides is 1. The molecule has 2 N–H and O–H groups in total. The Morgan fingerprint density at radius 2 is 2.04 bits per heavy atom. The maximum atomic E-state index is 13.1. The zero-order valence-corrected chi connectivity index (χ0v) is 13.3. The van der Waals surface area contributed by atoms with E-state index in [0.717, 1.165) is 0 Å². The van der Waals surface area contributed by atoms with Gasteiger partial charge in [0, 0.05) is 7.05 Å². The summed E-state index contributed by atoms with van der Waals surface area (Å²) in [5.41, 5.74) is 0.365. The lowest BCUT2D eigenvalue weighted by molar-refractivity contribution is -0.132. The fraction of sp³-hybridized carbons (Fsp3) is 0.294. The first kappa shape index (κ1) is 17.7. The molecule has 0 saturated carbocycles. The van der Waals surface area contributed by atoms with E-state index in [1.54, 1.807) is 0 Å². The van der Waals surface area contributed by atoms with Gasteiger partial charge >= 0.3 is 5.97 Å². The Kier molecular flexibility index (Phi) is 5.35. The van der Waals surface area contributed by atoms with E-state index in [0.29, 0.717) is 11.3 Å². The Morgan fingerprint density at radius 1 is 1.33 bits per heavy atom. The van der Waals surface area contributed by atoms with Gasteiger partial charge in [-0.1, -0.05) is 12.1 Å². The molecule has 0 aliphatic heterocycles. The molecule has 0 aliphatic rings. The summed E-state index contributed by atoms with van der Waals surface area (Å²) in [6.07, 6.45) is -1.34. The largest absolute Gasteiger partial charge is 0.478 e. The Morgan fingerprint density at radius 3 is 2.62 bits per heavy atom. The van der Waals surface area contributed by atoms with Crippen LogP contribution < -0.4 is 0 Å². The highest BCUT2D eigenvalue weighted by atomic mass is 19.1. The molecule has 128 valence electrons. The molecule has 0 aliphatic carbocycles. The third-order valence-corrected chi connectivity index (χ3v) is 3.62. The van der Waals surface area contributed by atoms with E-state index >= 15 is 0 Å².